The van der Waals surface area contributed by atoms with E-state index >= 15 is 0 Å². The van der Waals surface area contributed by atoms with Crippen molar-refractivity contribution in [3.05, 3.63) is 29.3 Å². The fourth-order valence-corrected chi connectivity index (χ4v) is 4.27. The van der Waals surface area contributed by atoms with Crippen LogP contribution in [0.4, 0.5) is 0 Å². The lowest BCUT2D eigenvalue weighted by Gasteiger charge is -2.22. The highest BCUT2D eigenvalue weighted by atomic mass is 32.2. The van der Waals surface area contributed by atoms with Crippen LogP contribution in [-0.2, 0) is 16.6 Å². The van der Waals surface area contributed by atoms with Crippen molar-refractivity contribution >= 4 is 10.0 Å². The third-order valence-electron chi connectivity index (χ3n) is 4.19. The Morgan fingerprint density at radius 1 is 1.25 bits per heavy atom. The van der Waals surface area contributed by atoms with Crippen molar-refractivity contribution in [3.8, 4) is 0 Å². The number of sulfonamides is 1. The van der Waals surface area contributed by atoms with Gasteiger partial charge in [-0.05, 0) is 42.9 Å². The molecule has 5 heteroatoms. The van der Waals surface area contributed by atoms with E-state index in [1.807, 2.05) is 13.0 Å². The van der Waals surface area contributed by atoms with E-state index in [0.717, 1.165) is 24.0 Å². The molecule has 4 nitrogen and oxygen atoms in total. The summed E-state index contributed by atoms with van der Waals surface area (Å²) in [7, 11) is -3.43. The van der Waals surface area contributed by atoms with Gasteiger partial charge in [0.25, 0.3) is 0 Å². The number of nitrogens with one attached hydrogen (secondary N) is 1. The Kier molecular flexibility index (Phi) is 5.18. The molecule has 0 aromatic heterocycles. The molecule has 0 radical (unpaired) electrons. The van der Waals surface area contributed by atoms with E-state index in [4.69, 9.17) is 5.73 Å². The third-order valence-corrected chi connectivity index (χ3v) is 5.76. The van der Waals surface area contributed by atoms with Crippen molar-refractivity contribution in [3.63, 3.8) is 0 Å². The van der Waals surface area contributed by atoms with Gasteiger partial charge in [0.2, 0.25) is 10.0 Å². The molecule has 2 rings (SSSR count). The van der Waals surface area contributed by atoms with E-state index in [9.17, 15) is 8.42 Å². The van der Waals surface area contributed by atoms with Crippen LogP contribution in [0.1, 0.15) is 43.2 Å². The Labute approximate surface area is 121 Å². The lowest BCUT2D eigenvalue weighted by Crippen LogP contribution is -2.31. The number of nitrogens with two attached hydrogens (primary N) is 1. The maximum Gasteiger partial charge on any atom is 0.240 e. The SMILES string of the molecule is Cc1c(CN)cccc1S(=O)(=O)NCC1CCCCC1. The molecule has 0 saturated heterocycles. The molecule has 0 bridgehead atoms. The van der Waals surface area contributed by atoms with Gasteiger partial charge in [0, 0.05) is 13.1 Å². The van der Waals surface area contributed by atoms with Crippen LogP contribution < -0.4 is 10.5 Å². The smallest absolute Gasteiger partial charge is 0.240 e. The standard InChI is InChI=1S/C15H24N2O2S/c1-12-14(10-16)8-5-9-15(12)20(18,19)17-11-13-6-3-2-4-7-13/h5,8-9,13,17H,2-4,6-7,10-11,16H2,1H3. The Bertz CT molecular complexity index is 549. The van der Waals surface area contributed by atoms with Crippen molar-refractivity contribution in [2.24, 2.45) is 11.7 Å². The van der Waals surface area contributed by atoms with Crippen molar-refractivity contribution in [2.75, 3.05) is 6.54 Å². The summed E-state index contributed by atoms with van der Waals surface area (Å²) in [5, 5.41) is 0. The van der Waals surface area contributed by atoms with Gasteiger partial charge in [0.15, 0.2) is 0 Å². The van der Waals surface area contributed by atoms with Crippen molar-refractivity contribution < 1.29 is 8.42 Å². The first-order valence-electron chi connectivity index (χ1n) is 7.33. The third kappa shape index (κ3) is 3.59. The van der Waals surface area contributed by atoms with Crippen LogP contribution in [0.15, 0.2) is 23.1 Å². The first-order chi connectivity index (χ1) is 9.54. The summed E-state index contributed by atoms with van der Waals surface area (Å²) in [6, 6.07) is 5.28. The zero-order chi connectivity index (χ0) is 14.6. The lowest BCUT2D eigenvalue weighted by atomic mass is 9.90. The summed E-state index contributed by atoms with van der Waals surface area (Å²) in [6.07, 6.45) is 5.97. The summed E-state index contributed by atoms with van der Waals surface area (Å²) in [6.45, 7) is 2.73. The van der Waals surface area contributed by atoms with Gasteiger partial charge in [-0.25, -0.2) is 13.1 Å². The second kappa shape index (κ2) is 6.70. The average Bonchev–Trinajstić information content (AvgIpc) is 2.46. The summed E-state index contributed by atoms with van der Waals surface area (Å²) in [5.41, 5.74) is 7.27. The Hall–Kier alpha value is -0.910. The normalized spacial score (nSPS) is 17.3. The summed E-state index contributed by atoms with van der Waals surface area (Å²) >= 11 is 0. The van der Waals surface area contributed by atoms with Crippen molar-refractivity contribution in [1.29, 1.82) is 0 Å². The highest BCUT2D eigenvalue weighted by Gasteiger charge is 2.20. The molecular formula is C15H24N2O2S. The van der Waals surface area contributed by atoms with E-state index in [2.05, 4.69) is 4.72 Å². The summed E-state index contributed by atoms with van der Waals surface area (Å²) in [5.74, 6) is 0.483. The van der Waals surface area contributed by atoms with Gasteiger partial charge in [0.1, 0.15) is 0 Å². The van der Waals surface area contributed by atoms with Gasteiger partial charge >= 0.3 is 0 Å². The quantitative estimate of drug-likeness (QED) is 0.876. The molecule has 0 aliphatic heterocycles. The van der Waals surface area contributed by atoms with Gasteiger partial charge < -0.3 is 5.73 Å². The van der Waals surface area contributed by atoms with E-state index in [-0.39, 0.29) is 0 Å². The van der Waals surface area contributed by atoms with E-state index < -0.39 is 10.0 Å². The van der Waals surface area contributed by atoms with Crippen LogP contribution in [0.5, 0.6) is 0 Å². The molecule has 112 valence electrons. The minimum absolute atomic E-state index is 0.358. The maximum absolute atomic E-state index is 12.4. The average molecular weight is 296 g/mol. The molecule has 20 heavy (non-hydrogen) atoms. The van der Waals surface area contributed by atoms with E-state index in [1.54, 1.807) is 12.1 Å². The Morgan fingerprint density at radius 3 is 2.60 bits per heavy atom. The van der Waals surface area contributed by atoms with Gasteiger partial charge in [-0.2, -0.15) is 0 Å². The van der Waals surface area contributed by atoms with Gasteiger partial charge in [0.05, 0.1) is 4.90 Å². The first kappa shape index (κ1) is 15.5. The molecule has 3 N–H and O–H groups in total. The van der Waals surface area contributed by atoms with Crippen LogP contribution in [0.2, 0.25) is 0 Å². The van der Waals surface area contributed by atoms with Crippen molar-refractivity contribution in [2.45, 2.75) is 50.5 Å². The lowest BCUT2D eigenvalue weighted by molar-refractivity contribution is 0.357. The predicted octanol–water partition coefficient (Wildman–Crippen LogP) is 2.31. The second-order valence-corrected chi connectivity index (χ2v) is 7.34. The molecule has 0 heterocycles. The zero-order valence-electron chi connectivity index (χ0n) is 12.1. The van der Waals surface area contributed by atoms with Crippen LogP contribution in [0.3, 0.4) is 0 Å². The summed E-state index contributed by atoms with van der Waals surface area (Å²) in [4.78, 5) is 0.358. The maximum atomic E-state index is 12.4. The van der Waals surface area contributed by atoms with Crippen molar-refractivity contribution in [1.82, 2.24) is 4.72 Å². The summed E-state index contributed by atoms with van der Waals surface area (Å²) < 4.78 is 27.6. The van der Waals surface area contributed by atoms with Gasteiger partial charge in [-0.3, -0.25) is 0 Å². The fourth-order valence-electron chi connectivity index (χ4n) is 2.87. The molecular weight excluding hydrogens is 272 g/mol. The monoisotopic (exact) mass is 296 g/mol. The molecule has 1 aromatic carbocycles. The molecule has 1 fully saturated rings. The van der Waals surface area contributed by atoms with Crippen LogP contribution in [0, 0.1) is 12.8 Å². The van der Waals surface area contributed by atoms with Crippen LogP contribution in [-0.4, -0.2) is 15.0 Å². The largest absolute Gasteiger partial charge is 0.326 e. The van der Waals surface area contributed by atoms with Crippen LogP contribution >= 0.6 is 0 Å². The molecule has 0 amide bonds. The van der Waals surface area contributed by atoms with E-state index in [0.29, 0.717) is 23.9 Å². The highest BCUT2D eigenvalue weighted by molar-refractivity contribution is 7.89. The minimum Gasteiger partial charge on any atom is -0.326 e. The van der Waals surface area contributed by atoms with E-state index in [1.165, 1.54) is 19.3 Å². The molecule has 1 aliphatic carbocycles. The van der Waals surface area contributed by atoms with Gasteiger partial charge in [-0.15, -0.1) is 0 Å². The first-order valence-corrected chi connectivity index (χ1v) is 8.81. The van der Waals surface area contributed by atoms with Gasteiger partial charge in [-0.1, -0.05) is 31.4 Å². The number of benzene rings is 1. The fraction of sp³-hybridized carbons (Fsp3) is 0.600. The molecule has 1 saturated carbocycles. The molecule has 1 aromatic rings. The number of hydrogen-bond donors (Lipinski definition) is 2. The molecule has 0 unspecified atom stereocenters. The topological polar surface area (TPSA) is 72.2 Å². The zero-order valence-corrected chi connectivity index (χ0v) is 12.9. The Morgan fingerprint density at radius 2 is 1.95 bits per heavy atom. The minimum atomic E-state index is -3.43. The second-order valence-electron chi connectivity index (χ2n) is 5.60. The molecule has 0 spiro atoms. The Balaban J connectivity index is 2.10. The van der Waals surface area contributed by atoms with Crippen LogP contribution in [0.25, 0.3) is 0 Å². The number of rotatable bonds is 5. The predicted molar refractivity (Wildman–Crippen MR) is 80.8 cm³/mol. The highest BCUT2D eigenvalue weighted by Crippen LogP contribution is 2.24. The number of hydrogen-bond acceptors (Lipinski definition) is 3. The molecule has 1 aliphatic rings. The molecule has 0 atom stereocenters.